The predicted molar refractivity (Wildman–Crippen MR) is 42.2 cm³/mol. The van der Waals surface area contributed by atoms with Crippen molar-refractivity contribution in [1.29, 1.82) is 0 Å². The second kappa shape index (κ2) is 3.72. The number of ether oxygens (including phenoxy) is 1. The van der Waals surface area contributed by atoms with Crippen LogP contribution in [0.5, 0.6) is 0 Å². The highest BCUT2D eigenvalue weighted by Gasteiger charge is 2.31. The van der Waals surface area contributed by atoms with Gasteiger partial charge in [-0.25, -0.2) is 0 Å². The van der Waals surface area contributed by atoms with Gasteiger partial charge in [-0.05, 0) is 25.8 Å². The number of methoxy groups -OCH3 is 1. The summed E-state index contributed by atoms with van der Waals surface area (Å²) < 4.78 is 4.66. The topological polar surface area (TPSA) is 38.3 Å². The van der Waals surface area contributed by atoms with Gasteiger partial charge in [-0.3, -0.25) is 4.79 Å². The molecule has 1 aliphatic carbocycles. The van der Waals surface area contributed by atoms with E-state index in [-0.39, 0.29) is 12.0 Å². The van der Waals surface area contributed by atoms with Gasteiger partial charge in [-0.15, -0.1) is 0 Å². The monoisotopic (exact) mass is 157 g/mol. The van der Waals surface area contributed by atoms with Gasteiger partial charge >= 0.3 is 5.97 Å². The molecule has 1 fully saturated rings. The molecule has 0 heterocycles. The smallest absolute Gasteiger partial charge is 0.323 e. The third kappa shape index (κ3) is 1.71. The highest BCUT2D eigenvalue weighted by atomic mass is 16.5. The van der Waals surface area contributed by atoms with Crippen molar-refractivity contribution in [3.05, 3.63) is 0 Å². The van der Waals surface area contributed by atoms with Crippen LogP contribution in [0.2, 0.25) is 0 Å². The summed E-state index contributed by atoms with van der Waals surface area (Å²) in [5.74, 6) is 0.379. The number of hydrogen-bond acceptors (Lipinski definition) is 3. The van der Waals surface area contributed by atoms with Crippen molar-refractivity contribution < 1.29 is 9.53 Å². The fourth-order valence-electron chi connectivity index (χ4n) is 1.45. The summed E-state index contributed by atoms with van der Waals surface area (Å²) in [6, 6.07) is -0.0752. The lowest BCUT2D eigenvalue weighted by Crippen LogP contribution is -2.44. The van der Waals surface area contributed by atoms with Crippen LogP contribution >= 0.6 is 0 Å². The van der Waals surface area contributed by atoms with Crippen LogP contribution in [-0.2, 0) is 9.53 Å². The molecule has 1 rings (SSSR count). The highest BCUT2D eigenvalue weighted by molar-refractivity contribution is 5.76. The number of carbonyl (C=O) groups is 1. The van der Waals surface area contributed by atoms with Crippen LogP contribution in [0.1, 0.15) is 19.3 Å². The molecule has 0 radical (unpaired) electrons. The van der Waals surface area contributed by atoms with Gasteiger partial charge in [0.25, 0.3) is 0 Å². The molecule has 1 atom stereocenters. The summed E-state index contributed by atoms with van der Waals surface area (Å²) >= 11 is 0. The van der Waals surface area contributed by atoms with Gasteiger partial charge < -0.3 is 10.1 Å². The molecular weight excluding hydrogens is 142 g/mol. The zero-order valence-electron chi connectivity index (χ0n) is 7.09. The van der Waals surface area contributed by atoms with E-state index in [1.807, 2.05) is 0 Å². The molecule has 0 saturated heterocycles. The van der Waals surface area contributed by atoms with Crippen molar-refractivity contribution in [2.75, 3.05) is 14.2 Å². The van der Waals surface area contributed by atoms with E-state index < -0.39 is 0 Å². The Bertz CT molecular complexity index is 143. The maximum absolute atomic E-state index is 11.1. The largest absolute Gasteiger partial charge is 0.468 e. The van der Waals surface area contributed by atoms with Crippen LogP contribution < -0.4 is 5.32 Å². The number of rotatable bonds is 3. The lowest BCUT2D eigenvalue weighted by molar-refractivity contribution is -0.145. The van der Waals surface area contributed by atoms with Gasteiger partial charge in [0.15, 0.2) is 0 Å². The highest BCUT2D eigenvalue weighted by Crippen LogP contribution is 2.29. The normalized spacial score (nSPS) is 20.5. The molecule has 3 nitrogen and oxygen atoms in total. The van der Waals surface area contributed by atoms with Crippen LogP contribution in [0.3, 0.4) is 0 Å². The van der Waals surface area contributed by atoms with E-state index in [0.29, 0.717) is 5.92 Å². The van der Waals surface area contributed by atoms with Gasteiger partial charge in [0.1, 0.15) is 6.04 Å². The lowest BCUT2D eigenvalue weighted by atomic mass is 9.80. The van der Waals surface area contributed by atoms with Crippen LogP contribution in [0.25, 0.3) is 0 Å². The van der Waals surface area contributed by atoms with E-state index in [0.717, 1.165) is 12.8 Å². The van der Waals surface area contributed by atoms with E-state index in [9.17, 15) is 4.79 Å². The second-order valence-electron chi connectivity index (χ2n) is 2.98. The molecule has 1 saturated carbocycles. The SMILES string of the molecule is CN[C@H](C(=O)OC)C1CCC1. The predicted octanol–water partition coefficient (Wildman–Crippen LogP) is 0.547. The molecule has 0 spiro atoms. The van der Waals surface area contributed by atoms with E-state index in [1.54, 1.807) is 7.05 Å². The summed E-state index contributed by atoms with van der Waals surface area (Å²) in [6.07, 6.45) is 3.56. The Hall–Kier alpha value is -0.570. The van der Waals surface area contributed by atoms with E-state index in [1.165, 1.54) is 13.5 Å². The van der Waals surface area contributed by atoms with Crippen molar-refractivity contribution in [2.24, 2.45) is 5.92 Å². The van der Waals surface area contributed by atoms with E-state index in [4.69, 9.17) is 0 Å². The summed E-state index contributed by atoms with van der Waals surface area (Å²) in [7, 11) is 3.24. The second-order valence-corrected chi connectivity index (χ2v) is 2.98. The molecule has 0 aromatic carbocycles. The Labute approximate surface area is 67.1 Å². The summed E-state index contributed by atoms with van der Waals surface area (Å²) in [5.41, 5.74) is 0. The molecular formula is C8H15NO2. The molecule has 3 heteroatoms. The van der Waals surface area contributed by atoms with Crippen molar-refractivity contribution in [2.45, 2.75) is 25.3 Å². The zero-order valence-corrected chi connectivity index (χ0v) is 7.09. The Morgan fingerprint density at radius 3 is 2.55 bits per heavy atom. The minimum absolute atomic E-state index is 0.0752. The fourth-order valence-corrected chi connectivity index (χ4v) is 1.45. The summed E-state index contributed by atoms with van der Waals surface area (Å²) in [4.78, 5) is 11.1. The summed E-state index contributed by atoms with van der Waals surface area (Å²) in [6.45, 7) is 0. The Kier molecular flexibility index (Phi) is 2.88. The maximum atomic E-state index is 11.1. The Morgan fingerprint density at radius 1 is 1.64 bits per heavy atom. The third-order valence-electron chi connectivity index (χ3n) is 2.39. The standard InChI is InChI=1S/C8H15NO2/c1-9-7(8(10)11-2)6-4-3-5-6/h6-7,9H,3-5H2,1-2H3/t7-/m0/s1. The Balaban J connectivity index is 2.40. The maximum Gasteiger partial charge on any atom is 0.323 e. The van der Waals surface area contributed by atoms with Crippen molar-refractivity contribution in [1.82, 2.24) is 5.32 Å². The first kappa shape index (κ1) is 8.53. The molecule has 11 heavy (non-hydrogen) atoms. The number of nitrogens with one attached hydrogen (secondary N) is 1. The van der Waals surface area contributed by atoms with Gasteiger partial charge in [0.2, 0.25) is 0 Å². The van der Waals surface area contributed by atoms with Crippen LogP contribution in [0.15, 0.2) is 0 Å². The zero-order chi connectivity index (χ0) is 8.27. The first-order valence-corrected chi connectivity index (χ1v) is 4.04. The minimum Gasteiger partial charge on any atom is -0.468 e. The molecule has 0 amide bonds. The molecule has 64 valence electrons. The van der Waals surface area contributed by atoms with E-state index in [2.05, 4.69) is 10.1 Å². The average Bonchev–Trinajstić information content (AvgIpc) is 1.94. The lowest BCUT2D eigenvalue weighted by Gasteiger charge is -2.31. The average molecular weight is 157 g/mol. The Morgan fingerprint density at radius 2 is 2.27 bits per heavy atom. The molecule has 1 aliphatic rings. The van der Waals surface area contributed by atoms with Crippen molar-refractivity contribution in [3.63, 3.8) is 0 Å². The van der Waals surface area contributed by atoms with Crippen LogP contribution in [-0.4, -0.2) is 26.2 Å². The molecule has 1 N–H and O–H groups in total. The van der Waals surface area contributed by atoms with Crippen molar-refractivity contribution in [3.8, 4) is 0 Å². The first-order valence-electron chi connectivity index (χ1n) is 4.04. The van der Waals surface area contributed by atoms with Crippen LogP contribution in [0, 0.1) is 5.92 Å². The molecule has 0 unspecified atom stereocenters. The van der Waals surface area contributed by atoms with Gasteiger partial charge in [0.05, 0.1) is 7.11 Å². The van der Waals surface area contributed by atoms with Gasteiger partial charge in [-0.1, -0.05) is 6.42 Å². The summed E-state index contributed by atoms with van der Waals surface area (Å²) in [5, 5.41) is 2.98. The number of carbonyl (C=O) groups excluding carboxylic acids is 1. The fraction of sp³-hybridized carbons (Fsp3) is 0.875. The molecule has 0 aromatic rings. The quantitative estimate of drug-likeness (QED) is 0.608. The molecule has 0 bridgehead atoms. The van der Waals surface area contributed by atoms with Gasteiger partial charge in [0, 0.05) is 0 Å². The number of hydrogen-bond donors (Lipinski definition) is 1. The minimum atomic E-state index is -0.128. The number of esters is 1. The first-order chi connectivity index (χ1) is 5.29. The molecule has 0 aliphatic heterocycles. The van der Waals surface area contributed by atoms with Gasteiger partial charge in [-0.2, -0.15) is 0 Å². The van der Waals surface area contributed by atoms with Crippen LogP contribution in [0.4, 0.5) is 0 Å². The number of likely N-dealkylation sites (N-methyl/N-ethyl adjacent to an activating group) is 1. The van der Waals surface area contributed by atoms with Crippen molar-refractivity contribution >= 4 is 5.97 Å². The third-order valence-corrected chi connectivity index (χ3v) is 2.39. The molecule has 0 aromatic heterocycles. The van der Waals surface area contributed by atoms with E-state index >= 15 is 0 Å².